The van der Waals surface area contributed by atoms with Crippen LogP contribution in [0.2, 0.25) is 0 Å². The van der Waals surface area contributed by atoms with Crippen LogP contribution in [0.3, 0.4) is 0 Å². The smallest absolute Gasteiger partial charge is 0.213 e. The number of ether oxygens (including phenoxy) is 1. The predicted molar refractivity (Wildman–Crippen MR) is 113 cm³/mol. The van der Waals surface area contributed by atoms with Gasteiger partial charge in [-0.25, -0.2) is 9.98 Å². The average Bonchev–Trinajstić information content (AvgIpc) is 3.07. The molecule has 1 aromatic heterocycles. The van der Waals surface area contributed by atoms with E-state index in [2.05, 4.69) is 40.4 Å². The maximum Gasteiger partial charge on any atom is 0.213 e. The Kier molecular flexibility index (Phi) is 7.49. The summed E-state index contributed by atoms with van der Waals surface area (Å²) in [6.45, 7) is 3.24. The van der Waals surface area contributed by atoms with Crippen molar-refractivity contribution in [3.63, 3.8) is 0 Å². The second-order valence-corrected chi connectivity index (χ2v) is 6.02. The van der Waals surface area contributed by atoms with E-state index < -0.39 is 0 Å². The lowest BCUT2D eigenvalue weighted by Gasteiger charge is -2.08. The van der Waals surface area contributed by atoms with E-state index in [0.717, 1.165) is 24.1 Å². The van der Waals surface area contributed by atoms with Gasteiger partial charge in [-0.2, -0.15) is 0 Å². The Morgan fingerprint density at radius 2 is 2.08 bits per heavy atom. The van der Waals surface area contributed by atoms with E-state index in [1.54, 1.807) is 6.20 Å². The number of halogens is 1. The van der Waals surface area contributed by atoms with Gasteiger partial charge in [-0.1, -0.05) is 19.1 Å². The topological polar surface area (TPSA) is 72.5 Å². The maximum atomic E-state index is 5.99. The van der Waals surface area contributed by atoms with Gasteiger partial charge in [-0.15, -0.1) is 24.0 Å². The lowest BCUT2D eigenvalue weighted by Crippen LogP contribution is -2.22. The Morgan fingerprint density at radius 1 is 1.24 bits per heavy atom. The summed E-state index contributed by atoms with van der Waals surface area (Å²) >= 11 is 0. The molecule has 0 amide bonds. The maximum absolute atomic E-state index is 5.99. The van der Waals surface area contributed by atoms with E-state index in [9.17, 15) is 0 Å². The van der Waals surface area contributed by atoms with Crippen LogP contribution in [0.1, 0.15) is 36.5 Å². The van der Waals surface area contributed by atoms with Gasteiger partial charge in [0, 0.05) is 18.0 Å². The summed E-state index contributed by atoms with van der Waals surface area (Å²) in [6.07, 6.45) is 6.33. The van der Waals surface area contributed by atoms with Crippen LogP contribution in [-0.2, 0) is 19.4 Å². The van der Waals surface area contributed by atoms with Gasteiger partial charge in [0.1, 0.15) is 0 Å². The number of hydrogen-bond donors (Lipinski definition) is 2. The fraction of sp³-hybridized carbons (Fsp3) is 0.368. The van der Waals surface area contributed by atoms with Crippen LogP contribution in [0.25, 0.3) is 0 Å². The zero-order valence-electron chi connectivity index (χ0n) is 14.5. The van der Waals surface area contributed by atoms with Crippen LogP contribution in [0.4, 0.5) is 5.69 Å². The second kappa shape index (κ2) is 9.60. The minimum absolute atomic E-state index is 0. The first-order valence-electron chi connectivity index (χ1n) is 8.51. The largest absolute Gasteiger partial charge is 0.478 e. The van der Waals surface area contributed by atoms with E-state index in [-0.39, 0.29) is 24.0 Å². The Morgan fingerprint density at radius 3 is 2.84 bits per heavy atom. The van der Waals surface area contributed by atoms with Crippen molar-refractivity contribution in [2.45, 2.75) is 39.2 Å². The fourth-order valence-electron chi connectivity index (χ4n) is 2.81. The molecule has 0 spiro atoms. The summed E-state index contributed by atoms with van der Waals surface area (Å²) in [4.78, 5) is 8.64. The van der Waals surface area contributed by atoms with Crippen LogP contribution >= 0.6 is 24.0 Å². The number of fused-ring (bicyclic) bond motifs is 1. The SMILES string of the molecule is CCCOc1ccc(CN=C(N)Nc2ccc3c(c2)CCC3)cn1.I. The van der Waals surface area contributed by atoms with Crippen LogP contribution < -0.4 is 15.8 Å². The highest BCUT2D eigenvalue weighted by molar-refractivity contribution is 14.0. The summed E-state index contributed by atoms with van der Waals surface area (Å²) in [7, 11) is 0. The number of anilines is 1. The third-order valence-corrected chi connectivity index (χ3v) is 4.05. The van der Waals surface area contributed by atoms with Gasteiger partial charge in [0.15, 0.2) is 5.96 Å². The predicted octanol–water partition coefficient (Wildman–Crippen LogP) is 3.90. The number of pyridine rings is 1. The molecule has 134 valence electrons. The van der Waals surface area contributed by atoms with Crippen LogP contribution in [-0.4, -0.2) is 17.6 Å². The number of aryl methyl sites for hydroxylation is 2. The summed E-state index contributed by atoms with van der Waals surface area (Å²) in [5, 5.41) is 3.16. The molecule has 0 aliphatic heterocycles. The van der Waals surface area contributed by atoms with E-state index in [1.165, 1.54) is 24.0 Å². The van der Waals surface area contributed by atoms with Gasteiger partial charge in [-0.05, 0) is 54.5 Å². The van der Waals surface area contributed by atoms with Crippen LogP contribution in [0.15, 0.2) is 41.5 Å². The van der Waals surface area contributed by atoms with Crippen molar-refractivity contribution in [2.75, 3.05) is 11.9 Å². The Bertz CT molecular complexity index is 716. The van der Waals surface area contributed by atoms with Crippen molar-refractivity contribution >= 4 is 35.6 Å². The zero-order chi connectivity index (χ0) is 16.8. The van der Waals surface area contributed by atoms with Crippen molar-refractivity contribution in [1.82, 2.24) is 4.98 Å². The molecule has 0 bridgehead atoms. The van der Waals surface area contributed by atoms with Crippen LogP contribution in [0.5, 0.6) is 5.88 Å². The third-order valence-electron chi connectivity index (χ3n) is 4.05. The summed E-state index contributed by atoms with van der Waals surface area (Å²) < 4.78 is 5.47. The minimum atomic E-state index is 0. The molecule has 1 aromatic carbocycles. The summed E-state index contributed by atoms with van der Waals surface area (Å²) in [5.74, 6) is 1.06. The molecule has 0 saturated carbocycles. The van der Waals surface area contributed by atoms with Gasteiger partial charge in [-0.3, -0.25) is 0 Å². The molecule has 0 radical (unpaired) electrons. The molecule has 6 heteroatoms. The van der Waals surface area contributed by atoms with Gasteiger partial charge < -0.3 is 15.8 Å². The van der Waals surface area contributed by atoms with Gasteiger partial charge in [0.05, 0.1) is 13.2 Å². The van der Waals surface area contributed by atoms with Gasteiger partial charge in [0.2, 0.25) is 5.88 Å². The number of nitrogens with zero attached hydrogens (tertiary/aromatic N) is 2. The zero-order valence-corrected chi connectivity index (χ0v) is 16.8. The number of aromatic nitrogens is 1. The molecule has 1 heterocycles. The summed E-state index contributed by atoms with van der Waals surface area (Å²) in [6, 6.07) is 10.2. The van der Waals surface area contributed by atoms with Crippen LogP contribution in [0, 0.1) is 0 Å². The molecule has 5 nitrogen and oxygen atoms in total. The quantitative estimate of drug-likeness (QED) is 0.396. The van der Waals surface area contributed by atoms with E-state index in [0.29, 0.717) is 25.0 Å². The molecule has 3 N–H and O–H groups in total. The molecule has 2 aromatic rings. The number of rotatable bonds is 6. The molecule has 0 fully saturated rings. The van der Waals surface area contributed by atoms with E-state index in [1.807, 2.05) is 12.1 Å². The van der Waals surface area contributed by atoms with Crippen molar-refractivity contribution < 1.29 is 4.74 Å². The molecular weight excluding hydrogens is 427 g/mol. The number of hydrogen-bond acceptors (Lipinski definition) is 3. The Balaban J connectivity index is 0.00000225. The highest BCUT2D eigenvalue weighted by Gasteiger charge is 2.10. The number of benzene rings is 1. The number of guanidine groups is 1. The van der Waals surface area contributed by atoms with Crippen molar-refractivity contribution in [3.05, 3.63) is 53.2 Å². The first-order valence-corrected chi connectivity index (χ1v) is 8.51. The molecule has 0 unspecified atom stereocenters. The van der Waals surface area contributed by atoms with Crippen molar-refractivity contribution in [2.24, 2.45) is 10.7 Å². The lowest BCUT2D eigenvalue weighted by molar-refractivity contribution is 0.305. The first-order chi connectivity index (χ1) is 11.7. The average molecular weight is 452 g/mol. The lowest BCUT2D eigenvalue weighted by atomic mass is 10.1. The third kappa shape index (κ3) is 5.59. The second-order valence-electron chi connectivity index (χ2n) is 6.02. The Labute approximate surface area is 166 Å². The molecule has 0 atom stereocenters. The fourth-order valence-corrected chi connectivity index (χ4v) is 2.81. The normalized spacial score (nSPS) is 13.1. The monoisotopic (exact) mass is 452 g/mol. The number of nitrogens with one attached hydrogen (secondary N) is 1. The van der Waals surface area contributed by atoms with E-state index >= 15 is 0 Å². The number of nitrogens with two attached hydrogens (primary N) is 1. The minimum Gasteiger partial charge on any atom is -0.478 e. The standard InChI is InChI=1S/C19H24N4O.HI/c1-2-10-24-18-9-6-14(12-21-18)13-22-19(20)23-17-8-7-15-4-3-5-16(15)11-17;/h6-9,11-12H,2-5,10,13H2,1H3,(H3,20,22,23);1H. The first kappa shape index (κ1) is 19.5. The van der Waals surface area contributed by atoms with Gasteiger partial charge >= 0.3 is 0 Å². The molecule has 3 rings (SSSR count). The number of aliphatic imine (C=N–C) groups is 1. The summed E-state index contributed by atoms with van der Waals surface area (Å²) in [5.41, 5.74) is 10.9. The highest BCUT2D eigenvalue weighted by Crippen LogP contribution is 2.24. The molecule has 1 aliphatic rings. The van der Waals surface area contributed by atoms with E-state index in [4.69, 9.17) is 10.5 Å². The van der Waals surface area contributed by atoms with Crippen molar-refractivity contribution in [3.8, 4) is 5.88 Å². The molecule has 0 saturated heterocycles. The van der Waals surface area contributed by atoms with Gasteiger partial charge in [0.25, 0.3) is 0 Å². The molecule has 1 aliphatic carbocycles. The molecular formula is C19H25IN4O. The van der Waals surface area contributed by atoms with Crippen molar-refractivity contribution in [1.29, 1.82) is 0 Å². The highest BCUT2D eigenvalue weighted by atomic mass is 127. The molecule has 25 heavy (non-hydrogen) atoms. The Hall–Kier alpha value is -1.83.